The van der Waals surface area contributed by atoms with Crippen molar-refractivity contribution in [3.63, 3.8) is 0 Å². The van der Waals surface area contributed by atoms with Crippen molar-refractivity contribution in [2.75, 3.05) is 13.1 Å². The molecule has 28 heavy (non-hydrogen) atoms. The van der Waals surface area contributed by atoms with Gasteiger partial charge in [0.2, 0.25) is 15.9 Å². The molecule has 0 spiro atoms. The second-order valence-electron chi connectivity index (χ2n) is 7.17. The Kier molecular flexibility index (Phi) is 7.51. The van der Waals surface area contributed by atoms with Crippen LogP contribution >= 0.6 is 22.9 Å². The van der Waals surface area contributed by atoms with Gasteiger partial charge >= 0.3 is 0 Å². The smallest absolute Gasteiger partial charge is 0.250 e. The predicted molar refractivity (Wildman–Crippen MR) is 113 cm³/mol. The lowest BCUT2D eigenvalue weighted by Crippen LogP contribution is -2.36. The summed E-state index contributed by atoms with van der Waals surface area (Å²) >= 11 is 7.09. The minimum atomic E-state index is -3.41. The van der Waals surface area contributed by atoms with Crippen molar-refractivity contribution in [2.45, 2.75) is 36.3 Å². The number of amides is 1. The zero-order valence-electron chi connectivity index (χ0n) is 15.6. The maximum atomic E-state index is 12.4. The quantitative estimate of drug-likeness (QED) is 0.654. The fourth-order valence-corrected chi connectivity index (χ4v) is 5.75. The van der Waals surface area contributed by atoms with Crippen molar-refractivity contribution >= 4 is 38.9 Å². The van der Waals surface area contributed by atoms with Crippen LogP contribution in [0.25, 0.3) is 0 Å². The van der Waals surface area contributed by atoms with Crippen LogP contribution in [0.4, 0.5) is 0 Å². The van der Waals surface area contributed by atoms with E-state index >= 15 is 0 Å². The van der Waals surface area contributed by atoms with E-state index in [4.69, 9.17) is 11.6 Å². The summed E-state index contributed by atoms with van der Waals surface area (Å²) < 4.78 is 27.4. The van der Waals surface area contributed by atoms with E-state index < -0.39 is 10.0 Å². The molecule has 1 aromatic heterocycles. The monoisotopic (exact) mass is 440 g/mol. The summed E-state index contributed by atoms with van der Waals surface area (Å²) in [6.07, 6.45) is 4.11. The molecule has 0 radical (unpaired) electrons. The molecule has 0 saturated heterocycles. The minimum absolute atomic E-state index is 0.0235. The molecule has 8 heteroatoms. The summed E-state index contributed by atoms with van der Waals surface area (Å²) in [6.45, 7) is 1.05. The van der Waals surface area contributed by atoms with Crippen LogP contribution in [0.5, 0.6) is 0 Å². The number of carbonyl (C=O) groups is 1. The molecule has 0 aliphatic heterocycles. The van der Waals surface area contributed by atoms with Crippen molar-refractivity contribution in [1.82, 2.24) is 10.0 Å². The molecule has 0 bridgehead atoms. The molecule has 1 aliphatic carbocycles. The average molecular weight is 441 g/mol. The van der Waals surface area contributed by atoms with E-state index in [2.05, 4.69) is 10.0 Å². The molecule has 1 aromatic carbocycles. The van der Waals surface area contributed by atoms with Gasteiger partial charge in [0, 0.05) is 24.0 Å². The van der Waals surface area contributed by atoms with E-state index in [-0.39, 0.29) is 17.7 Å². The van der Waals surface area contributed by atoms with Gasteiger partial charge < -0.3 is 5.32 Å². The van der Waals surface area contributed by atoms with Crippen molar-refractivity contribution in [2.24, 2.45) is 11.8 Å². The average Bonchev–Trinajstić information content (AvgIpc) is 3.24. The van der Waals surface area contributed by atoms with Gasteiger partial charge in [-0.1, -0.05) is 29.8 Å². The molecule has 1 aliphatic rings. The van der Waals surface area contributed by atoms with Crippen LogP contribution in [0.3, 0.4) is 0 Å². The van der Waals surface area contributed by atoms with E-state index in [9.17, 15) is 13.2 Å². The number of hydrogen-bond donors (Lipinski definition) is 2. The van der Waals surface area contributed by atoms with E-state index in [1.807, 2.05) is 24.3 Å². The van der Waals surface area contributed by atoms with Gasteiger partial charge in [0.15, 0.2) is 0 Å². The number of thiophene rings is 1. The van der Waals surface area contributed by atoms with Crippen molar-refractivity contribution < 1.29 is 13.2 Å². The topological polar surface area (TPSA) is 75.3 Å². The molecule has 1 saturated carbocycles. The molecule has 2 aromatic rings. The zero-order valence-corrected chi connectivity index (χ0v) is 18.0. The Hall–Kier alpha value is -1.41. The number of nitrogens with one attached hydrogen (secondary N) is 2. The van der Waals surface area contributed by atoms with Gasteiger partial charge in [-0.05, 0) is 67.2 Å². The van der Waals surface area contributed by atoms with Crippen molar-refractivity contribution in [3.05, 3.63) is 52.4 Å². The number of hydrogen-bond acceptors (Lipinski definition) is 4. The highest BCUT2D eigenvalue weighted by atomic mass is 35.5. The predicted octanol–water partition coefficient (Wildman–Crippen LogP) is 3.85. The molecule has 152 valence electrons. The van der Waals surface area contributed by atoms with Gasteiger partial charge in [-0.3, -0.25) is 4.79 Å². The Morgan fingerprint density at radius 3 is 2.46 bits per heavy atom. The molecule has 5 nitrogen and oxygen atoms in total. The van der Waals surface area contributed by atoms with Gasteiger partial charge in [0.05, 0.1) is 0 Å². The Balaban J connectivity index is 1.36. The lowest BCUT2D eigenvalue weighted by molar-refractivity contribution is -0.126. The number of rotatable bonds is 8. The molecule has 1 heterocycles. The van der Waals surface area contributed by atoms with Gasteiger partial charge in [-0.15, -0.1) is 11.3 Å². The van der Waals surface area contributed by atoms with E-state index in [1.165, 1.54) is 11.3 Å². The van der Waals surface area contributed by atoms with Crippen molar-refractivity contribution in [1.29, 1.82) is 0 Å². The summed E-state index contributed by atoms with van der Waals surface area (Å²) in [6, 6.07) is 11.0. The third-order valence-electron chi connectivity index (χ3n) is 5.17. The lowest BCUT2D eigenvalue weighted by Gasteiger charge is -2.27. The Labute approximate surface area is 175 Å². The molecule has 1 amide bonds. The molecular formula is C20H25ClN2O3S2. The molecule has 2 N–H and O–H groups in total. The SMILES string of the molecule is O=C(NCCc1ccc(Cl)cc1)C1CCC(CNS(=O)(=O)c2cccs2)CC1. The molecule has 1 fully saturated rings. The summed E-state index contributed by atoms with van der Waals surface area (Å²) in [7, 11) is -3.41. The van der Waals surface area contributed by atoms with Crippen LogP contribution in [-0.2, 0) is 21.2 Å². The Bertz CT molecular complexity index is 859. The number of carbonyl (C=O) groups excluding carboxylic acids is 1. The molecule has 3 rings (SSSR count). The standard InChI is InChI=1S/C20H25ClN2O3S2/c21-18-9-5-15(6-10-18)11-12-22-20(24)17-7-3-16(4-8-17)14-23-28(25,26)19-2-1-13-27-19/h1-2,5-6,9-10,13,16-17,23H,3-4,7-8,11-12,14H2,(H,22,24). The van der Waals surface area contributed by atoms with Crippen LogP contribution in [0.1, 0.15) is 31.2 Å². The Morgan fingerprint density at radius 1 is 1.11 bits per heavy atom. The van der Waals surface area contributed by atoms with Crippen molar-refractivity contribution in [3.8, 4) is 0 Å². The zero-order chi connectivity index (χ0) is 20.0. The Morgan fingerprint density at radius 2 is 1.82 bits per heavy atom. The summed E-state index contributed by atoms with van der Waals surface area (Å²) in [5, 5.41) is 5.49. The van der Waals surface area contributed by atoms with Crippen LogP contribution in [-0.4, -0.2) is 27.4 Å². The molecule has 0 unspecified atom stereocenters. The third-order valence-corrected chi connectivity index (χ3v) is 8.24. The summed E-state index contributed by atoms with van der Waals surface area (Å²) in [4.78, 5) is 12.4. The first kappa shape index (κ1) is 21.3. The fraction of sp³-hybridized carbons (Fsp3) is 0.450. The molecular weight excluding hydrogens is 416 g/mol. The highest BCUT2D eigenvalue weighted by Gasteiger charge is 2.27. The highest BCUT2D eigenvalue weighted by Crippen LogP contribution is 2.29. The lowest BCUT2D eigenvalue weighted by atomic mass is 9.81. The summed E-state index contributed by atoms with van der Waals surface area (Å²) in [5.41, 5.74) is 1.14. The van der Waals surface area contributed by atoms with Gasteiger partial charge in [-0.2, -0.15) is 0 Å². The van der Waals surface area contributed by atoms with E-state index in [1.54, 1.807) is 17.5 Å². The number of sulfonamides is 1. The van der Waals surface area contributed by atoms with Crippen LogP contribution in [0, 0.1) is 11.8 Å². The first-order valence-corrected chi connectivity index (χ1v) is 12.2. The summed E-state index contributed by atoms with van der Waals surface area (Å²) in [5.74, 6) is 0.412. The van der Waals surface area contributed by atoms with Gasteiger partial charge in [0.25, 0.3) is 0 Å². The largest absolute Gasteiger partial charge is 0.356 e. The van der Waals surface area contributed by atoms with Crippen LogP contribution in [0.15, 0.2) is 46.0 Å². The molecule has 0 atom stereocenters. The normalized spacial score (nSPS) is 20.0. The maximum Gasteiger partial charge on any atom is 0.250 e. The minimum Gasteiger partial charge on any atom is -0.356 e. The highest BCUT2D eigenvalue weighted by molar-refractivity contribution is 7.91. The first-order valence-electron chi connectivity index (χ1n) is 9.49. The number of halogens is 1. The first-order chi connectivity index (χ1) is 13.4. The van der Waals surface area contributed by atoms with E-state index in [0.29, 0.717) is 22.3 Å². The van der Waals surface area contributed by atoms with Crippen LogP contribution < -0.4 is 10.0 Å². The van der Waals surface area contributed by atoms with Crippen LogP contribution in [0.2, 0.25) is 5.02 Å². The third kappa shape index (κ3) is 6.04. The van der Waals surface area contributed by atoms with Gasteiger partial charge in [-0.25, -0.2) is 13.1 Å². The second kappa shape index (κ2) is 9.87. The van der Waals surface area contributed by atoms with E-state index in [0.717, 1.165) is 37.7 Å². The maximum absolute atomic E-state index is 12.4. The number of benzene rings is 1. The second-order valence-corrected chi connectivity index (χ2v) is 10.5. The van der Waals surface area contributed by atoms with Gasteiger partial charge in [0.1, 0.15) is 4.21 Å². The fourth-order valence-electron chi connectivity index (χ4n) is 3.47.